The molecule has 4 heteroatoms. The Kier molecular flexibility index (Phi) is 3.09. The van der Waals surface area contributed by atoms with Gasteiger partial charge in [0.15, 0.2) is 0 Å². The number of nitriles is 1. The van der Waals surface area contributed by atoms with Crippen molar-refractivity contribution in [3.63, 3.8) is 0 Å². The van der Waals surface area contributed by atoms with Gasteiger partial charge >= 0.3 is 0 Å². The number of rotatable bonds is 1. The maximum Gasteiger partial charge on any atom is 0.0999 e. The van der Waals surface area contributed by atoms with Crippen LogP contribution in [0.4, 0.5) is 0 Å². The molecule has 16 heavy (non-hydrogen) atoms. The zero-order chi connectivity index (χ0) is 11.5. The lowest BCUT2D eigenvalue weighted by atomic mass is 10.0. The molecule has 0 saturated heterocycles. The van der Waals surface area contributed by atoms with Crippen LogP contribution in [0.25, 0.3) is 11.1 Å². The van der Waals surface area contributed by atoms with E-state index in [1.807, 2.05) is 0 Å². The summed E-state index contributed by atoms with van der Waals surface area (Å²) in [7, 11) is 0. The van der Waals surface area contributed by atoms with Crippen LogP contribution in [-0.4, -0.2) is 4.98 Å². The summed E-state index contributed by atoms with van der Waals surface area (Å²) in [5.74, 6) is 0. The predicted octanol–water partition coefficient (Wildman–Crippen LogP) is 3.93. The van der Waals surface area contributed by atoms with Crippen molar-refractivity contribution in [2.45, 2.75) is 0 Å². The third-order valence-electron chi connectivity index (χ3n) is 2.17. The lowest BCUT2D eigenvalue weighted by Gasteiger charge is -2.07. The Morgan fingerprint density at radius 2 is 1.81 bits per heavy atom. The molecule has 0 radical (unpaired) electrons. The first-order valence-corrected chi connectivity index (χ1v) is 5.28. The fraction of sp³-hybridized carbons (Fsp3) is 0. The molecule has 0 aliphatic rings. The first kappa shape index (κ1) is 10.9. The average Bonchev–Trinajstić information content (AvgIpc) is 2.29. The van der Waals surface area contributed by atoms with Gasteiger partial charge in [0.25, 0.3) is 0 Å². The Morgan fingerprint density at radius 1 is 1.12 bits per heavy atom. The fourth-order valence-electron chi connectivity index (χ4n) is 1.45. The molecule has 0 aliphatic heterocycles. The summed E-state index contributed by atoms with van der Waals surface area (Å²) < 4.78 is 0. The molecule has 1 heterocycles. The average molecular weight is 249 g/mol. The van der Waals surface area contributed by atoms with Crippen LogP contribution < -0.4 is 0 Å². The summed E-state index contributed by atoms with van der Waals surface area (Å²) in [6, 6.07) is 8.95. The minimum Gasteiger partial charge on any atom is -0.264 e. The van der Waals surface area contributed by atoms with E-state index >= 15 is 0 Å². The van der Waals surface area contributed by atoms with E-state index < -0.39 is 0 Å². The summed E-state index contributed by atoms with van der Waals surface area (Å²) in [4.78, 5) is 3.98. The van der Waals surface area contributed by atoms with E-state index in [9.17, 15) is 0 Å². The molecule has 0 fully saturated rings. The molecule has 78 valence electrons. The van der Waals surface area contributed by atoms with Crippen LogP contribution in [-0.2, 0) is 0 Å². The van der Waals surface area contributed by atoms with Crippen molar-refractivity contribution in [3.05, 3.63) is 52.3 Å². The summed E-state index contributed by atoms with van der Waals surface area (Å²) in [5.41, 5.74) is 1.81. The zero-order valence-corrected chi connectivity index (χ0v) is 9.63. The van der Waals surface area contributed by atoms with E-state index in [1.165, 1.54) is 0 Å². The van der Waals surface area contributed by atoms with Gasteiger partial charge in [-0.1, -0.05) is 29.3 Å². The van der Waals surface area contributed by atoms with Gasteiger partial charge in [0, 0.05) is 33.6 Å². The maximum atomic E-state index is 9.00. The SMILES string of the molecule is N#Cc1ccncc1-c1c(Cl)cccc1Cl. The van der Waals surface area contributed by atoms with Gasteiger partial charge in [-0.15, -0.1) is 0 Å². The molecule has 0 aliphatic carbocycles. The second-order valence-electron chi connectivity index (χ2n) is 3.13. The van der Waals surface area contributed by atoms with E-state index in [0.29, 0.717) is 26.7 Å². The minimum absolute atomic E-state index is 0.505. The summed E-state index contributed by atoms with van der Waals surface area (Å²) in [6.07, 6.45) is 3.15. The van der Waals surface area contributed by atoms with Crippen molar-refractivity contribution in [2.75, 3.05) is 0 Å². The molecular formula is C12H6Cl2N2. The normalized spacial score (nSPS) is 9.81. The number of benzene rings is 1. The first-order valence-electron chi connectivity index (χ1n) is 4.52. The van der Waals surface area contributed by atoms with Gasteiger partial charge in [0.2, 0.25) is 0 Å². The molecule has 0 N–H and O–H groups in total. The first-order chi connectivity index (χ1) is 7.74. The van der Waals surface area contributed by atoms with Gasteiger partial charge < -0.3 is 0 Å². The minimum atomic E-state index is 0.505. The Balaban J connectivity index is 2.73. The van der Waals surface area contributed by atoms with Crippen LogP contribution in [0.1, 0.15) is 5.56 Å². The monoisotopic (exact) mass is 248 g/mol. The highest BCUT2D eigenvalue weighted by Crippen LogP contribution is 2.35. The van der Waals surface area contributed by atoms with Gasteiger partial charge in [0.1, 0.15) is 0 Å². The van der Waals surface area contributed by atoms with Gasteiger partial charge in [-0.2, -0.15) is 5.26 Å². The van der Waals surface area contributed by atoms with E-state index in [2.05, 4.69) is 11.1 Å². The van der Waals surface area contributed by atoms with Gasteiger partial charge in [-0.25, -0.2) is 0 Å². The number of pyridine rings is 1. The van der Waals surface area contributed by atoms with E-state index in [-0.39, 0.29) is 0 Å². The van der Waals surface area contributed by atoms with Crippen molar-refractivity contribution in [1.29, 1.82) is 5.26 Å². The van der Waals surface area contributed by atoms with Crippen molar-refractivity contribution in [3.8, 4) is 17.2 Å². The van der Waals surface area contributed by atoms with Gasteiger partial charge in [-0.3, -0.25) is 4.98 Å². The maximum absolute atomic E-state index is 9.00. The molecule has 0 amide bonds. The van der Waals surface area contributed by atoms with Crippen molar-refractivity contribution in [2.24, 2.45) is 0 Å². The molecule has 0 unspecified atom stereocenters. The van der Waals surface area contributed by atoms with E-state index in [4.69, 9.17) is 28.5 Å². The third-order valence-corrected chi connectivity index (χ3v) is 2.80. The topological polar surface area (TPSA) is 36.7 Å². The number of hydrogen-bond donors (Lipinski definition) is 0. The van der Waals surface area contributed by atoms with Crippen LogP contribution >= 0.6 is 23.2 Å². The van der Waals surface area contributed by atoms with Crippen molar-refractivity contribution in [1.82, 2.24) is 4.98 Å². The molecule has 0 spiro atoms. The fourth-order valence-corrected chi connectivity index (χ4v) is 2.05. The Bertz CT molecular complexity index is 553. The van der Waals surface area contributed by atoms with Crippen LogP contribution in [0.2, 0.25) is 10.0 Å². The molecule has 0 atom stereocenters. The standard InChI is InChI=1S/C12H6Cl2N2/c13-10-2-1-3-11(14)12(10)9-7-16-5-4-8(9)6-15/h1-5,7H. The number of hydrogen-bond acceptors (Lipinski definition) is 2. The summed E-state index contributed by atoms with van der Waals surface area (Å²) in [6.45, 7) is 0. The van der Waals surface area contributed by atoms with Crippen LogP contribution in [0.5, 0.6) is 0 Å². The Hall–Kier alpha value is -1.56. The lowest BCUT2D eigenvalue weighted by molar-refractivity contribution is 1.31. The van der Waals surface area contributed by atoms with Crippen LogP contribution in [0.15, 0.2) is 36.7 Å². The highest BCUT2D eigenvalue weighted by Gasteiger charge is 2.11. The highest BCUT2D eigenvalue weighted by molar-refractivity contribution is 6.39. The van der Waals surface area contributed by atoms with E-state index in [1.54, 1.807) is 36.7 Å². The number of aromatic nitrogens is 1. The molecule has 1 aromatic carbocycles. The third kappa shape index (κ3) is 1.88. The van der Waals surface area contributed by atoms with Crippen molar-refractivity contribution >= 4 is 23.2 Å². The molecule has 2 rings (SSSR count). The molecule has 1 aromatic heterocycles. The van der Waals surface area contributed by atoms with Gasteiger partial charge in [0.05, 0.1) is 11.6 Å². The molecule has 0 saturated carbocycles. The molecule has 2 nitrogen and oxygen atoms in total. The number of halogens is 2. The van der Waals surface area contributed by atoms with Gasteiger partial charge in [-0.05, 0) is 18.2 Å². The lowest BCUT2D eigenvalue weighted by Crippen LogP contribution is -1.88. The highest BCUT2D eigenvalue weighted by atomic mass is 35.5. The van der Waals surface area contributed by atoms with Crippen LogP contribution in [0.3, 0.4) is 0 Å². The molecule has 0 bridgehead atoms. The Morgan fingerprint density at radius 3 is 2.44 bits per heavy atom. The van der Waals surface area contributed by atoms with E-state index in [0.717, 1.165) is 0 Å². The van der Waals surface area contributed by atoms with Crippen molar-refractivity contribution < 1.29 is 0 Å². The second kappa shape index (κ2) is 4.52. The number of nitrogens with zero attached hydrogens (tertiary/aromatic N) is 2. The largest absolute Gasteiger partial charge is 0.264 e. The van der Waals surface area contributed by atoms with Crippen LogP contribution in [0, 0.1) is 11.3 Å². The summed E-state index contributed by atoms with van der Waals surface area (Å²) in [5, 5.41) is 10.0. The quantitative estimate of drug-likeness (QED) is 0.767. The second-order valence-corrected chi connectivity index (χ2v) is 3.94. The Labute approximate surface area is 103 Å². The molecule has 2 aromatic rings. The summed E-state index contributed by atoms with van der Waals surface area (Å²) >= 11 is 12.1. The zero-order valence-electron chi connectivity index (χ0n) is 8.11. The molecular weight excluding hydrogens is 243 g/mol. The smallest absolute Gasteiger partial charge is 0.0999 e. The predicted molar refractivity (Wildman–Crippen MR) is 64.4 cm³/mol.